The molecule has 0 atom stereocenters. The average molecular weight is 166 g/mol. The van der Waals surface area contributed by atoms with Crippen LogP contribution in [0.25, 0.3) is 0 Å². The van der Waals surface area contributed by atoms with Gasteiger partial charge in [0.15, 0.2) is 5.82 Å². The molecule has 1 heterocycles. The Kier molecular flexibility index (Phi) is 2.96. The standard InChI is InChI=1S/C8H14N4/c1-6(2)4-7-11-8(9-3)5-10-12-7/h5-6H,4H2,1-3H3,(H,9,11,12). The van der Waals surface area contributed by atoms with E-state index in [1.807, 2.05) is 7.05 Å². The SMILES string of the molecule is CNc1cnnc(CC(C)C)n1. The van der Waals surface area contributed by atoms with Crippen molar-refractivity contribution < 1.29 is 0 Å². The number of hydrogen-bond acceptors (Lipinski definition) is 4. The summed E-state index contributed by atoms with van der Waals surface area (Å²) in [5, 5.41) is 10.7. The van der Waals surface area contributed by atoms with E-state index in [0.717, 1.165) is 18.1 Å². The lowest BCUT2D eigenvalue weighted by atomic mass is 10.1. The van der Waals surface area contributed by atoms with Crippen molar-refractivity contribution in [3.05, 3.63) is 12.0 Å². The number of anilines is 1. The molecule has 0 bridgehead atoms. The van der Waals surface area contributed by atoms with Gasteiger partial charge in [-0.15, -0.1) is 5.10 Å². The molecule has 0 fully saturated rings. The van der Waals surface area contributed by atoms with Crippen LogP contribution in [0.1, 0.15) is 19.7 Å². The number of nitrogens with zero attached hydrogens (tertiary/aromatic N) is 3. The Bertz CT molecular complexity index is 247. The second-order valence-electron chi connectivity index (χ2n) is 3.11. The molecular formula is C8H14N4. The fraction of sp³-hybridized carbons (Fsp3) is 0.625. The van der Waals surface area contributed by atoms with E-state index in [1.54, 1.807) is 6.20 Å². The highest BCUT2D eigenvalue weighted by Gasteiger charge is 2.01. The number of rotatable bonds is 3. The van der Waals surface area contributed by atoms with Crippen LogP contribution < -0.4 is 5.32 Å². The van der Waals surface area contributed by atoms with Crippen LogP contribution >= 0.6 is 0 Å². The summed E-state index contributed by atoms with van der Waals surface area (Å²) in [5.74, 6) is 2.15. The van der Waals surface area contributed by atoms with Crippen molar-refractivity contribution in [2.45, 2.75) is 20.3 Å². The second kappa shape index (κ2) is 3.99. The van der Waals surface area contributed by atoms with Gasteiger partial charge in [-0.05, 0) is 5.92 Å². The zero-order valence-corrected chi connectivity index (χ0v) is 7.70. The Morgan fingerprint density at radius 2 is 2.25 bits per heavy atom. The van der Waals surface area contributed by atoms with Gasteiger partial charge in [-0.25, -0.2) is 4.98 Å². The quantitative estimate of drug-likeness (QED) is 0.730. The summed E-state index contributed by atoms with van der Waals surface area (Å²) >= 11 is 0. The van der Waals surface area contributed by atoms with Crippen LogP contribution in [0.2, 0.25) is 0 Å². The molecule has 0 aliphatic carbocycles. The minimum Gasteiger partial charge on any atom is -0.372 e. The highest BCUT2D eigenvalue weighted by molar-refractivity contribution is 5.28. The van der Waals surface area contributed by atoms with Crippen molar-refractivity contribution in [2.24, 2.45) is 5.92 Å². The van der Waals surface area contributed by atoms with Gasteiger partial charge in [-0.3, -0.25) is 0 Å². The van der Waals surface area contributed by atoms with Gasteiger partial charge in [0.1, 0.15) is 5.82 Å². The van der Waals surface area contributed by atoms with Crippen molar-refractivity contribution in [3.8, 4) is 0 Å². The number of aromatic nitrogens is 3. The van der Waals surface area contributed by atoms with Crippen molar-refractivity contribution in [2.75, 3.05) is 12.4 Å². The first-order valence-electron chi connectivity index (χ1n) is 4.08. The monoisotopic (exact) mass is 166 g/mol. The van der Waals surface area contributed by atoms with Gasteiger partial charge in [0, 0.05) is 13.5 Å². The molecule has 4 nitrogen and oxygen atoms in total. The van der Waals surface area contributed by atoms with Crippen molar-refractivity contribution in [1.29, 1.82) is 0 Å². The van der Waals surface area contributed by atoms with Crippen LogP contribution in [-0.2, 0) is 6.42 Å². The third-order valence-electron chi connectivity index (χ3n) is 1.45. The van der Waals surface area contributed by atoms with E-state index in [9.17, 15) is 0 Å². The molecule has 0 radical (unpaired) electrons. The third kappa shape index (κ3) is 2.45. The Labute approximate surface area is 72.4 Å². The Hall–Kier alpha value is -1.19. The molecule has 4 heteroatoms. The fourth-order valence-corrected chi connectivity index (χ4v) is 0.913. The molecule has 1 aromatic heterocycles. The molecule has 0 aromatic carbocycles. The van der Waals surface area contributed by atoms with Crippen molar-refractivity contribution in [1.82, 2.24) is 15.2 Å². The lowest BCUT2D eigenvalue weighted by molar-refractivity contribution is 0.611. The molecule has 0 saturated heterocycles. The highest BCUT2D eigenvalue weighted by atomic mass is 15.2. The van der Waals surface area contributed by atoms with E-state index < -0.39 is 0 Å². The van der Waals surface area contributed by atoms with Gasteiger partial charge in [-0.2, -0.15) is 5.10 Å². The van der Waals surface area contributed by atoms with Crippen LogP contribution in [0.15, 0.2) is 6.20 Å². The van der Waals surface area contributed by atoms with Gasteiger partial charge in [0.2, 0.25) is 0 Å². The molecule has 0 spiro atoms. The van der Waals surface area contributed by atoms with E-state index in [4.69, 9.17) is 0 Å². The van der Waals surface area contributed by atoms with Crippen molar-refractivity contribution >= 4 is 5.82 Å². The van der Waals surface area contributed by atoms with E-state index in [1.165, 1.54) is 0 Å². The van der Waals surface area contributed by atoms with Crippen molar-refractivity contribution in [3.63, 3.8) is 0 Å². The zero-order chi connectivity index (χ0) is 8.97. The second-order valence-corrected chi connectivity index (χ2v) is 3.11. The molecule has 1 N–H and O–H groups in total. The first-order chi connectivity index (χ1) is 5.72. The molecule has 0 amide bonds. The van der Waals surface area contributed by atoms with Gasteiger partial charge >= 0.3 is 0 Å². The molecule has 1 rings (SSSR count). The molecule has 0 aliphatic rings. The maximum atomic E-state index is 4.25. The topological polar surface area (TPSA) is 50.7 Å². The Balaban J connectivity index is 2.72. The predicted octanol–water partition coefficient (Wildman–Crippen LogP) is 1.11. The zero-order valence-electron chi connectivity index (χ0n) is 7.70. The third-order valence-corrected chi connectivity index (χ3v) is 1.45. The fourth-order valence-electron chi connectivity index (χ4n) is 0.913. The summed E-state index contributed by atoms with van der Waals surface area (Å²) in [6.45, 7) is 4.27. The Morgan fingerprint density at radius 3 is 2.83 bits per heavy atom. The lowest BCUT2D eigenvalue weighted by Crippen LogP contribution is -2.04. The van der Waals surface area contributed by atoms with Crippen LogP contribution in [0.5, 0.6) is 0 Å². The summed E-state index contributed by atoms with van der Waals surface area (Å²) in [4.78, 5) is 4.25. The number of hydrogen-bond donors (Lipinski definition) is 1. The molecular weight excluding hydrogens is 152 g/mol. The molecule has 0 aliphatic heterocycles. The molecule has 0 unspecified atom stereocenters. The maximum absolute atomic E-state index is 4.25. The van der Waals surface area contributed by atoms with Crippen LogP contribution in [0, 0.1) is 5.92 Å². The van der Waals surface area contributed by atoms with Gasteiger partial charge in [0.25, 0.3) is 0 Å². The number of nitrogens with one attached hydrogen (secondary N) is 1. The molecule has 12 heavy (non-hydrogen) atoms. The summed E-state index contributed by atoms with van der Waals surface area (Å²) in [6.07, 6.45) is 2.49. The lowest BCUT2D eigenvalue weighted by Gasteiger charge is -2.03. The average Bonchev–Trinajstić information content (AvgIpc) is 2.03. The molecule has 0 saturated carbocycles. The summed E-state index contributed by atoms with van der Waals surface area (Å²) in [7, 11) is 1.82. The summed E-state index contributed by atoms with van der Waals surface area (Å²) < 4.78 is 0. The molecule has 66 valence electrons. The van der Waals surface area contributed by atoms with Gasteiger partial charge in [0.05, 0.1) is 6.20 Å². The largest absolute Gasteiger partial charge is 0.372 e. The first kappa shape index (κ1) is 8.90. The van der Waals surface area contributed by atoms with Gasteiger partial charge in [-0.1, -0.05) is 13.8 Å². The smallest absolute Gasteiger partial charge is 0.153 e. The first-order valence-corrected chi connectivity index (χ1v) is 4.08. The van der Waals surface area contributed by atoms with Crippen LogP contribution in [0.4, 0.5) is 5.82 Å². The summed E-state index contributed by atoms with van der Waals surface area (Å²) in [6, 6.07) is 0. The Morgan fingerprint density at radius 1 is 1.50 bits per heavy atom. The highest BCUT2D eigenvalue weighted by Crippen LogP contribution is 2.03. The predicted molar refractivity (Wildman–Crippen MR) is 47.9 cm³/mol. The normalized spacial score (nSPS) is 10.3. The molecule has 1 aromatic rings. The maximum Gasteiger partial charge on any atom is 0.153 e. The van der Waals surface area contributed by atoms with E-state index in [0.29, 0.717) is 5.92 Å². The van der Waals surface area contributed by atoms with Gasteiger partial charge < -0.3 is 5.32 Å². The van der Waals surface area contributed by atoms with E-state index in [-0.39, 0.29) is 0 Å². The van der Waals surface area contributed by atoms with E-state index >= 15 is 0 Å². The summed E-state index contributed by atoms with van der Waals surface area (Å²) in [5.41, 5.74) is 0. The minimum atomic E-state index is 0.568. The minimum absolute atomic E-state index is 0.568. The van der Waals surface area contributed by atoms with Crippen LogP contribution in [0.3, 0.4) is 0 Å². The van der Waals surface area contributed by atoms with Crippen LogP contribution in [-0.4, -0.2) is 22.2 Å². The van der Waals surface area contributed by atoms with E-state index in [2.05, 4.69) is 34.3 Å².